The smallest absolute Gasteiger partial charge is 0.136 e. The average molecular weight is 274 g/mol. The molecule has 0 aromatic carbocycles. The summed E-state index contributed by atoms with van der Waals surface area (Å²) < 4.78 is 0. The number of ketones is 1. The Morgan fingerprint density at radius 2 is 2.00 bits per heavy atom. The molecule has 0 unspecified atom stereocenters. The molecule has 0 saturated heterocycles. The van der Waals surface area contributed by atoms with Crippen LogP contribution in [0.15, 0.2) is 35.5 Å². The van der Waals surface area contributed by atoms with Gasteiger partial charge in [0.05, 0.1) is 0 Å². The molecule has 2 atom stereocenters. The highest BCUT2D eigenvalue weighted by molar-refractivity contribution is 5.82. The summed E-state index contributed by atoms with van der Waals surface area (Å²) in [5, 5.41) is 0. The summed E-state index contributed by atoms with van der Waals surface area (Å²) >= 11 is 0. The van der Waals surface area contributed by atoms with Gasteiger partial charge in [-0.1, -0.05) is 43.7 Å². The van der Waals surface area contributed by atoms with Crippen molar-refractivity contribution in [3.8, 4) is 0 Å². The molecule has 0 aliphatic heterocycles. The van der Waals surface area contributed by atoms with Crippen LogP contribution in [0.25, 0.3) is 0 Å². The minimum absolute atomic E-state index is 0.0154. The van der Waals surface area contributed by atoms with E-state index in [1.807, 2.05) is 6.92 Å². The van der Waals surface area contributed by atoms with Crippen molar-refractivity contribution in [1.29, 1.82) is 0 Å². The summed E-state index contributed by atoms with van der Waals surface area (Å²) in [5.41, 5.74) is 3.89. The maximum atomic E-state index is 12.2. The number of rotatable bonds is 6. The van der Waals surface area contributed by atoms with E-state index in [9.17, 15) is 4.79 Å². The lowest BCUT2D eigenvalue weighted by Gasteiger charge is -2.37. The summed E-state index contributed by atoms with van der Waals surface area (Å²) in [4.78, 5) is 12.2. The van der Waals surface area contributed by atoms with E-state index in [1.54, 1.807) is 0 Å². The quantitative estimate of drug-likeness (QED) is 0.453. The second kappa shape index (κ2) is 7.06. The Morgan fingerprint density at radius 1 is 1.35 bits per heavy atom. The van der Waals surface area contributed by atoms with Gasteiger partial charge in [-0.05, 0) is 57.4 Å². The van der Waals surface area contributed by atoms with E-state index in [-0.39, 0.29) is 11.3 Å². The van der Waals surface area contributed by atoms with Crippen LogP contribution in [-0.4, -0.2) is 5.78 Å². The van der Waals surface area contributed by atoms with Gasteiger partial charge < -0.3 is 0 Å². The number of Topliss-reactive ketones (excluding diaryl/α,β-unsaturated/α-hetero) is 1. The lowest BCUT2D eigenvalue weighted by atomic mass is 9.66. The fourth-order valence-electron chi connectivity index (χ4n) is 3.38. The van der Waals surface area contributed by atoms with Crippen molar-refractivity contribution >= 4 is 5.78 Å². The topological polar surface area (TPSA) is 17.1 Å². The van der Waals surface area contributed by atoms with E-state index >= 15 is 0 Å². The molecule has 0 spiro atoms. The molecule has 0 aromatic heterocycles. The van der Waals surface area contributed by atoms with E-state index in [0.29, 0.717) is 12.2 Å². The first-order chi connectivity index (χ1) is 9.31. The summed E-state index contributed by atoms with van der Waals surface area (Å²) in [6.45, 7) is 14.7. The number of hydrogen-bond donors (Lipinski definition) is 0. The van der Waals surface area contributed by atoms with Crippen LogP contribution in [0.2, 0.25) is 0 Å². The Hall–Kier alpha value is -1.11. The molecule has 20 heavy (non-hydrogen) atoms. The molecule has 0 bridgehead atoms. The monoisotopic (exact) mass is 274 g/mol. The molecular weight excluding hydrogens is 244 g/mol. The molecule has 0 radical (unpaired) electrons. The first-order valence-corrected chi connectivity index (χ1v) is 7.84. The minimum Gasteiger partial charge on any atom is -0.299 e. The average Bonchev–Trinajstić information content (AvgIpc) is 2.37. The summed E-state index contributed by atoms with van der Waals surface area (Å²) in [6, 6.07) is 0. The normalized spacial score (nSPS) is 25.4. The molecule has 1 rings (SSSR count). The number of hydrogen-bond acceptors (Lipinski definition) is 1. The van der Waals surface area contributed by atoms with E-state index in [4.69, 9.17) is 0 Å². The van der Waals surface area contributed by atoms with Crippen molar-refractivity contribution in [2.75, 3.05) is 0 Å². The van der Waals surface area contributed by atoms with Crippen LogP contribution < -0.4 is 0 Å². The van der Waals surface area contributed by atoms with Gasteiger partial charge in [0, 0.05) is 12.3 Å². The number of carbonyl (C=O) groups excluding carboxylic acids is 1. The van der Waals surface area contributed by atoms with Gasteiger partial charge >= 0.3 is 0 Å². The van der Waals surface area contributed by atoms with Gasteiger partial charge in [0.1, 0.15) is 5.78 Å². The van der Waals surface area contributed by atoms with Crippen molar-refractivity contribution in [3.05, 3.63) is 35.5 Å². The highest BCUT2D eigenvalue weighted by atomic mass is 16.1. The first kappa shape index (κ1) is 16.9. The van der Waals surface area contributed by atoms with Crippen LogP contribution in [0.5, 0.6) is 0 Å². The van der Waals surface area contributed by atoms with Crippen molar-refractivity contribution in [2.24, 2.45) is 11.3 Å². The SMILES string of the molecule is C=C(C)C(CC[C@]1(C)C=CCC[C@H]1C(=O)CC)=C(C)C. The number of carbonyl (C=O) groups is 1. The van der Waals surface area contributed by atoms with Crippen molar-refractivity contribution in [1.82, 2.24) is 0 Å². The minimum atomic E-state index is 0.0154. The van der Waals surface area contributed by atoms with Gasteiger partial charge in [0.25, 0.3) is 0 Å². The Bertz CT molecular complexity index is 435. The van der Waals surface area contributed by atoms with Gasteiger partial charge in [-0.25, -0.2) is 0 Å². The lowest BCUT2D eigenvalue weighted by Crippen LogP contribution is -2.33. The van der Waals surface area contributed by atoms with Crippen LogP contribution >= 0.6 is 0 Å². The molecule has 1 aliphatic rings. The molecular formula is C19H30O. The van der Waals surface area contributed by atoms with Crippen molar-refractivity contribution in [3.63, 3.8) is 0 Å². The second-order valence-corrected chi connectivity index (χ2v) is 6.62. The molecule has 1 heteroatoms. The highest BCUT2D eigenvalue weighted by Gasteiger charge is 2.37. The summed E-state index contributed by atoms with van der Waals surface area (Å²) in [6.07, 6.45) is 9.31. The van der Waals surface area contributed by atoms with Crippen LogP contribution in [0.4, 0.5) is 0 Å². The van der Waals surface area contributed by atoms with Crippen LogP contribution in [0.1, 0.15) is 66.7 Å². The Kier molecular flexibility index (Phi) is 5.98. The van der Waals surface area contributed by atoms with Gasteiger partial charge in [0.15, 0.2) is 0 Å². The Balaban J connectivity index is 2.89. The van der Waals surface area contributed by atoms with Crippen molar-refractivity contribution < 1.29 is 4.79 Å². The fourth-order valence-corrected chi connectivity index (χ4v) is 3.38. The standard InChI is InChI=1S/C19H30O/c1-7-18(20)17-10-8-9-12-19(17,6)13-11-16(14(2)3)15(4)5/h9,12,17H,2,7-8,10-11,13H2,1,3-6H3/t17-,19-/m0/s1. The zero-order valence-electron chi connectivity index (χ0n) is 13.9. The zero-order chi connectivity index (χ0) is 15.3. The molecule has 0 fully saturated rings. The first-order valence-electron chi connectivity index (χ1n) is 7.84. The van der Waals surface area contributed by atoms with E-state index in [1.165, 1.54) is 11.1 Å². The third kappa shape index (κ3) is 3.94. The molecule has 0 aromatic rings. The molecule has 0 saturated carbocycles. The van der Waals surface area contributed by atoms with Gasteiger partial charge in [-0.2, -0.15) is 0 Å². The van der Waals surface area contributed by atoms with Crippen LogP contribution in [0, 0.1) is 11.3 Å². The molecule has 1 aliphatic carbocycles. The maximum absolute atomic E-state index is 12.2. The van der Waals surface area contributed by atoms with E-state index in [2.05, 4.69) is 46.4 Å². The summed E-state index contributed by atoms with van der Waals surface area (Å²) in [5.74, 6) is 0.618. The molecule has 0 amide bonds. The molecule has 112 valence electrons. The zero-order valence-corrected chi connectivity index (χ0v) is 13.9. The highest BCUT2D eigenvalue weighted by Crippen LogP contribution is 2.42. The van der Waals surface area contributed by atoms with Gasteiger partial charge in [-0.3, -0.25) is 4.79 Å². The van der Waals surface area contributed by atoms with Crippen molar-refractivity contribution in [2.45, 2.75) is 66.7 Å². The third-order valence-corrected chi connectivity index (χ3v) is 4.69. The Morgan fingerprint density at radius 3 is 2.50 bits per heavy atom. The fraction of sp³-hybridized carbons (Fsp3) is 0.632. The third-order valence-electron chi connectivity index (χ3n) is 4.69. The maximum Gasteiger partial charge on any atom is 0.136 e. The van der Waals surface area contributed by atoms with E-state index < -0.39 is 0 Å². The van der Waals surface area contributed by atoms with Gasteiger partial charge in [-0.15, -0.1) is 0 Å². The van der Waals surface area contributed by atoms with E-state index in [0.717, 1.165) is 31.3 Å². The number of allylic oxidation sites excluding steroid dienone is 5. The summed E-state index contributed by atoms with van der Waals surface area (Å²) in [7, 11) is 0. The van der Waals surface area contributed by atoms with Crippen LogP contribution in [0.3, 0.4) is 0 Å². The Labute approximate surface area is 124 Å². The molecule has 0 heterocycles. The second-order valence-electron chi connectivity index (χ2n) is 6.62. The predicted molar refractivity (Wildman–Crippen MR) is 87.7 cm³/mol. The largest absolute Gasteiger partial charge is 0.299 e. The van der Waals surface area contributed by atoms with Gasteiger partial charge in [0.2, 0.25) is 0 Å². The molecule has 1 nitrogen and oxygen atoms in total. The molecule has 0 N–H and O–H groups in total. The van der Waals surface area contributed by atoms with Crippen LogP contribution in [-0.2, 0) is 4.79 Å². The lowest BCUT2D eigenvalue weighted by molar-refractivity contribution is -0.126. The predicted octanol–water partition coefficient (Wildman–Crippen LogP) is 5.63.